The Morgan fingerprint density at radius 1 is 1.62 bits per heavy atom. The van der Waals surface area contributed by atoms with E-state index in [1.165, 1.54) is 6.42 Å². The molecule has 2 atom stereocenters. The number of hydrogen-bond acceptors (Lipinski definition) is 0. The van der Waals surface area contributed by atoms with E-state index in [0.717, 1.165) is 6.42 Å². The Morgan fingerprint density at radius 3 is 2.25 bits per heavy atom. The summed E-state index contributed by atoms with van der Waals surface area (Å²) in [5.74, 6) is 0. The van der Waals surface area contributed by atoms with E-state index in [1.807, 2.05) is 0 Å². The van der Waals surface area contributed by atoms with Gasteiger partial charge in [-0.25, -0.2) is 0 Å². The molecule has 50 valence electrons. The van der Waals surface area contributed by atoms with Gasteiger partial charge in [0.05, 0.1) is 0 Å². The smallest absolute Gasteiger partial charge is 0.0458 e. The lowest BCUT2D eigenvalue weighted by Crippen LogP contribution is -2.08. The van der Waals surface area contributed by atoms with Crippen LogP contribution in [0.4, 0.5) is 0 Å². The van der Waals surface area contributed by atoms with Crippen molar-refractivity contribution in [3.05, 3.63) is 0 Å². The fourth-order valence-electron chi connectivity index (χ4n) is 0.505. The van der Waals surface area contributed by atoms with Crippen molar-refractivity contribution in [2.45, 2.75) is 36.9 Å². The fraction of sp³-hybridized carbons (Fsp3) is 1.00. The van der Waals surface area contributed by atoms with Gasteiger partial charge in [-0.3, -0.25) is 0 Å². The molecule has 0 saturated carbocycles. The molecule has 0 radical (unpaired) electrons. The first-order valence-corrected chi connectivity index (χ1v) is 4.31. The van der Waals surface area contributed by atoms with Crippen molar-refractivity contribution in [2.24, 2.45) is 0 Å². The van der Waals surface area contributed by atoms with E-state index in [-0.39, 0.29) is 0 Å². The number of hydrogen-bond donors (Lipinski definition) is 0. The van der Waals surface area contributed by atoms with Gasteiger partial charge in [0.15, 0.2) is 0 Å². The van der Waals surface area contributed by atoms with E-state index >= 15 is 0 Å². The molecule has 0 fully saturated rings. The molecular formula is C6H12BrCl. The van der Waals surface area contributed by atoms with Crippen LogP contribution in [0.3, 0.4) is 0 Å². The zero-order valence-electron chi connectivity index (χ0n) is 5.32. The highest BCUT2D eigenvalue weighted by molar-refractivity contribution is 9.09. The lowest BCUT2D eigenvalue weighted by atomic mass is 10.2. The molecule has 0 aromatic rings. The summed E-state index contributed by atoms with van der Waals surface area (Å²) < 4.78 is 0. The zero-order chi connectivity index (χ0) is 6.57. The van der Waals surface area contributed by atoms with Gasteiger partial charge >= 0.3 is 0 Å². The highest BCUT2D eigenvalue weighted by Gasteiger charge is 2.07. The van der Waals surface area contributed by atoms with Crippen LogP contribution in [0, 0.1) is 0 Å². The van der Waals surface area contributed by atoms with E-state index in [1.54, 1.807) is 0 Å². The molecule has 2 heteroatoms. The Balaban J connectivity index is 3.17. The SMILES string of the molecule is CCCC(Cl)C(C)Br. The molecule has 0 N–H and O–H groups in total. The summed E-state index contributed by atoms with van der Waals surface area (Å²) in [6.45, 7) is 4.22. The Labute approximate surface area is 64.7 Å². The van der Waals surface area contributed by atoms with Crippen molar-refractivity contribution < 1.29 is 0 Å². The van der Waals surface area contributed by atoms with Gasteiger partial charge in [-0.05, 0) is 6.42 Å². The van der Waals surface area contributed by atoms with Crippen molar-refractivity contribution in [3.8, 4) is 0 Å². The third-order valence-corrected chi connectivity index (χ3v) is 2.60. The molecule has 0 nitrogen and oxygen atoms in total. The second-order valence-corrected chi connectivity index (χ2v) is 3.99. The number of rotatable bonds is 3. The summed E-state index contributed by atoms with van der Waals surface area (Å²) in [5, 5.41) is 0.306. The summed E-state index contributed by atoms with van der Waals surface area (Å²) >= 11 is 9.28. The van der Waals surface area contributed by atoms with Gasteiger partial charge in [-0.2, -0.15) is 0 Å². The fourth-order valence-corrected chi connectivity index (χ4v) is 0.988. The minimum absolute atomic E-state index is 0.306. The highest BCUT2D eigenvalue weighted by atomic mass is 79.9. The molecule has 0 aromatic heterocycles. The van der Waals surface area contributed by atoms with Crippen LogP contribution < -0.4 is 0 Å². The normalized spacial score (nSPS) is 18.0. The van der Waals surface area contributed by atoms with Gasteiger partial charge < -0.3 is 0 Å². The van der Waals surface area contributed by atoms with Crippen LogP contribution >= 0.6 is 27.5 Å². The van der Waals surface area contributed by atoms with Gasteiger partial charge in [0, 0.05) is 10.2 Å². The Kier molecular flexibility index (Phi) is 5.08. The quantitative estimate of drug-likeness (QED) is 0.613. The van der Waals surface area contributed by atoms with E-state index in [0.29, 0.717) is 10.2 Å². The minimum atomic E-state index is 0.306. The zero-order valence-corrected chi connectivity index (χ0v) is 7.67. The van der Waals surface area contributed by atoms with Gasteiger partial charge in [-0.1, -0.05) is 36.2 Å². The monoisotopic (exact) mass is 198 g/mol. The molecule has 0 bridgehead atoms. The van der Waals surface area contributed by atoms with Crippen LogP contribution in [0.1, 0.15) is 26.7 Å². The van der Waals surface area contributed by atoms with Gasteiger partial charge in [0.1, 0.15) is 0 Å². The molecule has 0 saturated heterocycles. The van der Waals surface area contributed by atoms with Crippen molar-refractivity contribution >= 4 is 27.5 Å². The molecule has 0 heterocycles. The molecule has 0 aliphatic carbocycles. The maximum atomic E-state index is 5.87. The second kappa shape index (κ2) is 4.63. The molecule has 0 amide bonds. The van der Waals surface area contributed by atoms with Crippen molar-refractivity contribution in [3.63, 3.8) is 0 Å². The first-order chi connectivity index (χ1) is 3.68. The first-order valence-electron chi connectivity index (χ1n) is 2.96. The third-order valence-electron chi connectivity index (χ3n) is 1.06. The summed E-state index contributed by atoms with van der Waals surface area (Å²) in [6, 6.07) is 0. The average Bonchev–Trinajstić information content (AvgIpc) is 1.67. The predicted molar refractivity (Wildman–Crippen MR) is 42.9 cm³/mol. The van der Waals surface area contributed by atoms with Crippen LogP contribution in [0.2, 0.25) is 0 Å². The Morgan fingerprint density at radius 2 is 2.12 bits per heavy atom. The van der Waals surface area contributed by atoms with Gasteiger partial charge in [0.2, 0.25) is 0 Å². The van der Waals surface area contributed by atoms with E-state index in [2.05, 4.69) is 29.8 Å². The molecule has 0 aliphatic rings. The maximum absolute atomic E-state index is 5.87. The molecule has 2 unspecified atom stereocenters. The second-order valence-electron chi connectivity index (χ2n) is 1.98. The van der Waals surface area contributed by atoms with Gasteiger partial charge in [-0.15, -0.1) is 11.6 Å². The van der Waals surface area contributed by atoms with Crippen molar-refractivity contribution in [1.82, 2.24) is 0 Å². The lowest BCUT2D eigenvalue weighted by molar-refractivity contribution is 0.728. The molecule has 0 rings (SSSR count). The lowest BCUT2D eigenvalue weighted by Gasteiger charge is -2.08. The Hall–Kier alpha value is 0.770. The summed E-state index contributed by atoms with van der Waals surface area (Å²) in [4.78, 5) is 0.448. The largest absolute Gasteiger partial charge is 0.122 e. The van der Waals surface area contributed by atoms with Gasteiger partial charge in [0.25, 0.3) is 0 Å². The molecule has 0 spiro atoms. The predicted octanol–water partition coefficient (Wildman–Crippen LogP) is 3.18. The molecular weight excluding hydrogens is 187 g/mol. The average molecular weight is 200 g/mol. The number of alkyl halides is 2. The van der Waals surface area contributed by atoms with E-state index in [9.17, 15) is 0 Å². The summed E-state index contributed by atoms with van der Waals surface area (Å²) in [7, 11) is 0. The molecule has 8 heavy (non-hydrogen) atoms. The van der Waals surface area contributed by atoms with Crippen LogP contribution in [0.25, 0.3) is 0 Å². The highest BCUT2D eigenvalue weighted by Crippen LogP contribution is 2.15. The summed E-state index contributed by atoms with van der Waals surface area (Å²) in [5.41, 5.74) is 0. The number of halogens is 2. The van der Waals surface area contributed by atoms with E-state index < -0.39 is 0 Å². The Bertz CT molecular complexity index is 54.5. The first kappa shape index (κ1) is 8.77. The van der Waals surface area contributed by atoms with E-state index in [4.69, 9.17) is 11.6 Å². The van der Waals surface area contributed by atoms with Crippen LogP contribution in [0.5, 0.6) is 0 Å². The van der Waals surface area contributed by atoms with Crippen LogP contribution in [0.15, 0.2) is 0 Å². The van der Waals surface area contributed by atoms with Crippen LogP contribution in [-0.4, -0.2) is 10.2 Å². The topological polar surface area (TPSA) is 0 Å². The summed E-state index contributed by atoms with van der Waals surface area (Å²) in [6.07, 6.45) is 2.28. The molecule has 0 aliphatic heterocycles. The van der Waals surface area contributed by atoms with Crippen LogP contribution in [-0.2, 0) is 0 Å². The van der Waals surface area contributed by atoms with Crippen molar-refractivity contribution in [2.75, 3.05) is 0 Å². The third kappa shape index (κ3) is 3.73. The maximum Gasteiger partial charge on any atom is 0.0458 e. The standard InChI is InChI=1S/C6H12BrCl/c1-3-4-6(8)5(2)7/h5-6H,3-4H2,1-2H3. The minimum Gasteiger partial charge on any atom is -0.122 e. The van der Waals surface area contributed by atoms with Crippen molar-refractivity contribution in [1.29, 1.82) is 0 Å². The molecule has 0 aromatic carbocycles.